The van der Waals surface area contributed by atoms with Gasteiger partial charge < -0.3 is 34.6 Å². The molecule has 0 fully saturated rings. The molecule has 1 heterocycles. The molecule has 0 spiro atoms. The number of aliphatic hydroxyl groups excluding tert-OH is 1. The number of nitrogens with one attached hydrogen (secondary N) is 1. The molecule has 1 aliphatic heterocycles. The van der Waals surface area contributed by atoms with E-state index in [9.17, 15) is 24.6 Å². The molecular weight excluding hydrogens is 600 g/mol. The first-order chi connectivity index (χ1) is 22.8. The Bertz CT molecular complexity index is 1940. The molecule has 0 aromatic heterocycles. The zero-order chi connectivity index (χ0) is 32.9. The van der Waals surface area contributed by atoms with Crippen LogP contribution in [0.2, 0.25) is 0 Å². The predicted molar refractivity (Wildman–Crippen MR) is 177 cm³/mol. The summed E-state index contributed by atoms with van der Waals surface area (Å²) in [6.07, 6.45) is -2.05. The topological polar surface area (TPSA) is 135 Å². The van der Waals surface area contributed by atoms with E-state index >= 15 is 0 Å². The van der Waals surface area contributed by atoms with Crippen LogP contribution in [0.25, 0.3) is 21.5 Å². The van der Waals surface area contributed by atoms with Gasteiger partial charge in [-0.05, 0) is 64.0 Å². The summed E-state index contributed by atoms with van der Waals surface area (Å²) in [6, 6.07) is 28.3. The van der Waals surface area contributed by atoms with Crippen LogP contribution in [-0.2, 0) is 14.3 Å². The van der Waals surface area contributed by atoms with Crippen molar-refractivity contribution in [1.82, 2.24) is 5.32 Å². The third kappa shape index (κ3) is 6.80. The number of benzene rings is 5. The van der Waals surface area contributed by atoms with Gasteiger partial charge in [-0.2, -0.15) is 0 Å². The minimum absolute atomic E-state index is 0.0831. The van der Waals surface area contributed by atoms with Gasteiger partial charge in [0.1, 0.15) is 5.75 Å². The second-order valence-corrected chi connectivity index (χ2v) is 11.3. The molecule has 3 N–H and O–H groups in total. The van der Waals surface area contributed by atoms with Crippen molar-refractivity contribution in [3.05, 3.63) is 120 Å². The molecule has 3 atom stereocenters. The predicted octanol–water partition coefficient (Wildman–Crippen LogP) is 5.33. The van der Waals surface area contributed by atoms with E-state index in [1.807, 2.05) is 60.7 Å². The highest BCUT2D eigenvalue weighted by Crippen LogP contribution is 2.41. The van der Waals surface area contributed by atoms with E-state index in [4.69, 9.17) is 14.2 Å². The van der Waals surface area contributed by atoms with Crippen LogP contribution in [-0.4, -0.2) is 67.3 Å². The van der Waals surface area contributed by atoms with Crippen molar-refractivity contribution in [3.63, 3.8) is 0 Å². The van der Waals surface area contributed by atoms with Gasteiger partial charge in [-0.25, -0.2) is 0 Å². The van der Waals surface area contributed by atoms with Gasteiger partial charge in [0, 0.05) is 23.8 Å². The first kappa shape index (κ1) is 31.7. The second kappa shape index (κ2) is 14.0. The minimum atomic E-state index is -1.49. The summed E-state index contributed by atoms with van der Waals surface area (Å²) in [7, 11) is 1.56. The Balaban J connectivity index is 1.40. The summed E-state index contributed by atoms with van der Waals surface area (Å²) in [5.74, 6) is -1.80. The van der Waals surface area contributed by atoms with Gasteiger partial charge in [0.15, 0.2) is 6.79 Å². The summed E-state index contributed by atoms with van der Waals surface area (Å²) >= 11 is 0. The smallest absolute Gasteiger partial charge is 0.305 e. The molecule has 5 aromatic rings. The highest BCUT2D eigenvalue weighted by atomic mass is 16.7. The maximum absolute atomic E-state index is 14.2. The van der Waals surface area contributed by atoms with Crippen LogP contribution in [0.3, 0.4) is 0 Å². The molecule has 10 heteroatoms. The maximum atomic E-state index is 14.2. The molecule has 0 bridgehead atoms. The number of amides is 2. The number of rotatable bonds is 11. The molecule has 0 saturated carbocycles. The van der Waals surface area contributed by atoms with Crippen molar-refractivity contribution in [2.75, 3.05) is 32.0 Å². The van der Waals surface area contributed by atoms with Gasteiger partial charge >= 0.3 is 5.97 Å². The molecule has 0 aliphatic carbocycles. The molecule has 6 rings (SSSR count). The highest BCUT2D eigenvalue weighted by molar-refractivity contribution is 6.09. The Morgan fingerprint density at radius 1 is 0.787 bits per heavy atom. The van der Waals surface area contributed by atoms with Gasteiger partial charge in [-0.15, -0.1) is 0 Å². The van der Waals surface area contributed by atoms with Crippen LogP contribution < -0.4 is 15.0 Å². The number of aliphatic carboxylic acids is 1. The number of ether oxygens (including phenoxy) is 3. The molecule has 0 radical (unpaired) electrons. The van der Waals surface area contributed by atoms with Gasteiger partial charge in [-0.1, -0.05) is 60.7 Å². The van der Waals surface area contributed by atoms with E-state index in [-0.39, 0.29) is 6.79 Å². The van der Waals surface area contributed by atoms with Gasteiger partial charge in [-0.3, -0.25) is 14.4 Å². The number of hydrogen-bond donors (Lipinski definition) is 3. The van der Waals surface area contributed by atoms with E-state index in [1.165, 1.54) is 4.90 Å². The zero-order valence-corrected chi connectivity index (χ0v) is 25.7. The fraction of sp³-hybridized carbons (Fsp3) is 0.216. The van der Waals surface area contributed by atoms with Gasteiger partial charge in [0.2, 0.25) is 0 Å². The number of carboxylic acid groups (broad SMARTS) is 1. The molecular formula is C37H34N2O8. The lowest BCUT2D eigenvalue weighted by Crippen LogP contribution is -2.57. The van der Waals surface area contributed by atoms with Crippen LogP contribution in [0.4, 0.5) is 5.69 Å². The van der Waals surface area contributed by atoms with Crippen LogP contribution in [0, 0.1) is 0 Å². The standard InChI is InChI=1S/C37H34N2O8/c1-45-16-17-46-22-47-29-14-15-31-30(20-29)34(38-36(43)27-12-10-23-6-2-4-8-25(23)18-27)35(42)32(21-33(40)41)39(31)37(44)28-13-11-24-7-3-5-9-26(24)19-28/h2-15,18-20,32,34-35,42H,16-17,21-22H2,1H3,(H,38,43)(H,40,41)/t32-,34-,35-/m0/s1. The number of hydrogen-bond acceptors (Lipinski definition) is 7. The number of carbonyl (C=O) groups excluding carboxylic acids is 2. The number of carboxylic acids is 1. The summed E-state index contributed by atoms with van der Waals surface area (Å²) in [5, 5.41) is 28.3. The number of carbonyl (C=O) groups is 3. The number of anilines is 1. The monoisotopic (exact) mass is 634 g/mol. The summed E-state index contributed by atoms with van der Waals surface area (Å²) in [6.45, 7) is 0.620. The van der Waals surface area contributed by atoms with E-state index in [2.05, 4.69) is 5.32 Å². The molecule has 2 amide bonds. The number of aliphatic hydroxyl groups is 1. The number of fused-ring (bicyclic) bond motifs is 3. The van der Waals surface area contributed by atoms with E-state index < -0.39 is 42.4 Å². The highest BCUT2D eigenvalue weighted by Gasteiger charge is 2.45. The van der Waals surface area contributed by atoms with Crippen LogP contribution in [0.1, 0.15) is 38.7 Å². The maximum Gasteiger partial charge on any atom is 0.305 e. The Morgan fingerprint density at radius 2 is 1.43 bits per heavy atom. The van der Waals surface area contributed by atoms with Crippen molar-refractivity contribution >= 4 is 45.0 Å². The van der Waals surface area contributed by atoms with Crippen molar-refractivity contribution in [1.29, 1.82) is 0 Å². The molecule has 240 valence electrons. The third-order valence-electron chi connectivity index (χ3n) is 8.30. The lowest BCUT2D eigenvalue weighted by atomic mass is 9.85. The fourth-order valence-electron chi connectivity index (χ4n) is 5.97. The van der Waals surface area contributed by atoms with Gasteiger partial charge in [0.25, 0.3) is 11.8 Å². The van der Waals surface area contributed by atoms with E-state index in [1.54, 1.807) is 49.6 Å². The number of nitrogens with zero attached hydrogens (tertiary/aromatic N) is 1. The largest absolute Gasteiger partial charge is 0.481 e. The SMILES string of the molecule is COCCOCOc1ccc2c(c1)[C@H](NC(=O)c1ccc3ccccc3c1)[C@@H](O)[C@H](CC(=O)O)N2C(=O)c1ccc2ccccc2c1. The second-order valence-electron chi connectivity index (χ2n) is 11.3. The first-order valence-corrected chi connectivity index (χ1v) is 15.2. The van der Waals surface area contributed by atoms with E-state index in [0.717, 1.165) is 21.5 Å². The Kier molecular flexibility index (Phi) is 9.44. The lowest BCUT2D eigenvalue weighted by Gasteiger charge is -2.44. The average molecular weight is 635 g/mol. The van der Waals surface area contributed by atoms with Crippen molar-refractivity contribution in [2.45, 2.75) is 24.6 Å². The molecule has 47 heavy (non-hydrogen) atoms. The molecule has 1 aliphatic rings. The minimum Gasteiger partial charge on any atom is -0.481 e. The quantitative estimate of drug-likeness (QED) is 0.131. The molecule has 5 aromatic carbocycles. The molecule has 10 nitrogen and oxygen atoms in total. The average Bonchev–Trinajstić information content (AvgIpc) is 3.09. The zero-order valence-electron chi connectivity index (χ0n) is 25.7. The normalized spacial score (nSPS) is 17.3. The van der Waals surface area contributed by atoms with Crippen molar-refractivity contribution in [2.24, 2.45) is 0 Å². The van der Waals surface area contributed by atoms with Crippen LogP contribution in [0.5, 0.6) is 5.75 Å². The molecule has 0 unspecified atom stereocenters. The summed E-state index contributed by atoms with van der Waals surface area (Å²) < 4.78 is 16.2. The Morgan fingerprint density at radius 3 is 2.09 bits per heavy atom. The Hall–Kier alpha value is -5.29. The summed E-state index contributed by atoms with van der Waals surface area (Å²) in [5.41, 5.74) is 1.41. The van der Waals surface area contributed by atoms with Crippen molar-refractivity contribution in [3.8, 4) is 5.75 Å². The molecule has 0 saturated heterocycles. The fourth-order valence-corrected chi connectivity index (χ4v) is 5.97. The van der Waals surface area contributed by atoms with Crippen LogP contribution in [0.15, 0.2) is 103 Å². The number of methoxy groups -OCH3 is 1. The summed E-state index contributed by atoms with van der Waals surface area (Å²) in [4.78, 5) is 41.4. The van der Waals surface area contributed by atoms with Crippen molar-refractivity contribution < 1.29 is 38.8 Å². The third-order valence-corrected chi connectivity index (χ3v) is 8.30. The first-order valence-electron chi connectivity index (χ1n) is 15.2. The van der Waals surface area contributed by atoms with E-state index in [0.29, 0.717) is 41.3 Å². The lowest BCUT2D eigenvalue weighted by molar-refractivity contribution is -0.138. The Labute approximate surface area is 271 Å². The van der Waals surface area contributed by atoms with Gasteiger partial charge in [0.05, 0.1) is 43.5 Å². The van der Waals surface area contributed by atoms with Crippen LogP contribution >= 0.6 is 0 Å².